The van der Waals surface area contributed by atoms with Crippen molar-refractivity contribution in [2.75, 3.05) is 32.5 Å². The molecule has 0 radical (unpaired) electrons. The minimum atomic E-state index is 0.00379. The molecule has 7 nitrogen and oxygen atoms in total. The van der Waals surface area contributed by atoms with Crippen LogP contribution < -0.4 is 10.5 Å². The Balaban J connectivity index is 1.45. The van der Waals surface area contributed by atoms with Gasteiger partial charge >= 0.3 is 0 Å². The number of hydrogen-bond donors (Lipinski definition) is 2. The highest BCUT2D eigenvalue weighted by Crippen LogP contribution is 2.29. The summed E-state index contributed by atoms with van der Waals surface area (Å²) in [7, 11) is 1.63. The van der Waals surface area contributed by atoms with Gasteiger partial charge in [0.25, 0.3) is 0 Å². The third-order valence-electron chi connectivity index (χ3n) is 4.30. The molecule has 2 heterocycles. The summed E-state index contributed by atoms with van der Waals surface area (Å²) in [5.41, 5.74) is 8.46. The van der Waals surface area contributed by atoms with Crippen molar-refractivity contribution in [2.24, 2.45) is 0 Å². The second kappa shape index (κ2) is 7.35. The molecule has 1 fully saturated rings. The van der Waals surface area contributed by atoms with E-state index in [4.69, 9.17) is 15.2 Å². The Labute approximate surface area is 140 Å². The van der Waals surface area contributed by atoms with Crippen LogP contribution >= 0.6 is 0 Å². The van der Waals surface area contributed by atoms with Crippen molar-refractivity contribution in [1.82, 2.24) is 15.1 Å². The average Bonchev–Trinajstić information content (AvgIpc) is 3.24. The van der Waals surface area contributed by atoms with Gasteiger partial charge in [-0.1, -0.05) is 12.1 Å². The van der Waals surface area contributed by atoms with Crippen LogP contribution in [0.25, 0.3) is 0 Å². The molecule has 0 saturated carbocycles. The lowest BCUT2D eigenvalue weighted by Crippen LogP contribution is -2.31. The number of nitrogens with one attached hydrogen (secondary N) is 1. The van der Waals surface area contributed by atoms with Gasteiger partial charge in [-0.25, -0.2) is 0 Å². The zero-order valence-electron chi connectivity index (χ0n) is 13.7. The maximum atomic E-state index is 12.3. The number of anilines is 1. The summed E-state index contributed by atoms with van der Waals surface area (Å²) in [4.78, 5) is 14.1. The lowest BCUT2D eigenvalue weighted by molar-refractivity contribution is -0.135. The maximum Gasteiger partial charge on any atom is 0.248 e. The van der Waals surface area contributed by atoms with Gasteiger partial charge in [0.2, 0.25) is 5.91 Å². The zero-order chi connectivity index (χ0) is 16.9. The Morgan fingerprint density at radius 2 is 2.21 bits per heavy atom. The van der Waals surface area contributed by atoms with Crippen molar-refractivity contribution >= 4 is 11.6 Å². The van der Waals surface area contributed by atoms with Gasteiger partial charge in [0.1, 0.15) is 12.4 Å². The minimum absolute atomic E-state index is 0.00379. The van der Waals surface area contributed by atoms with Crippen molar-refractivity contribution in [3.8, 4) is 5.75 Å². The highest BCUT2D eigenvalue weighted by Gasteiger charge is 2.29. The van der Waals surface area contributed by atoms with Crippen LogP contribution in [0.3, 0.4) is 0 Å². The Morgan fingerprint density at radius 1 is 1.42 bits per heavy atom. The molecular formula is C17H22N4O3. The Morgan fingerprint density at radius 3 is 2.88 bits per heavy atom. The number of aromatic amines is 1. The summed E-state index contributed by atoms with van der Waals surface area (Å²) in [6.45, 7) is 1.85. The summed E-state index contributed by atoms with van der Waals surface area (Å²) >= 11 is 0. The van der Waals surface area contributed by atoms with Crippen molar-refractivity contribution in [3.63, 3.8) is 0 Å². The molecule has 3 rings (SSSR count). The van der Waals surface area contributed by atoms with Gasteiger partial charge in [-0.05, 0) is 24.1 Å². The number of nitrogen functional groups attached to an aromatic ring is 1. The van der Waals surface area contributed by atoms with Crippen LogP contribution in [-0.2, 0) is 16.1 Å². The van der Waals surface area contributed by atoms with Crippen LogP contribution in [0.4, 0.5) is 5.69 Å². The van der Waals surface area contributed by atoms with Crippen molar-refractivity contribution in [1.29, 1.82) is 0 Å². The summed E-state index contributed by atoms with van der Waals surface area (Å²) in [5.74, 6) is 1.03. The first-order chi connectivity index (χ1) is 11.7. The Bertz CT molecular complexity index is 683. The van der Waals surface area contributed by atoms with E-state index >= 15 is 0 Å². The predicted octanol–water partition coefficient (Wildman–Crippen LogP) is 1.53. The van der Waals surface area contributed by atoms with Gasteiger partial charge in [-0.3, -0.25) is 9.89 Å². The first kappa shape index (κ1) is 16.3. The van der Waals surface area contributed by atoms with Gasteiger partial charge < -0.3 is 20.1 Å². The van der Waals surface area contributed by atoms with Gasteiger partial charge in [-0.15, -0.1) is 0 Å². The largest absolute Gasteiger partial charge is 0.497 e. The van der Waals surface area contributed by atoms with Crippen LogP contribution in [-0.4, -0.2) is 47.8 Å². The summed E-state index contributed by atoms with van der Waals surface area (Å²) in [6.07, 6.45) is 2.49. The van der Waals surface area contributed by atoms with Crippen molar-refractivity contribution in [2.45, 2.75) is 18.9 Å². The van der Waals surface area contributed by atoms with E-state index in [0.717, 1.165) is 23.4 Å². The third-order valence-corrected chi connectivity index (χ3v) is 4.30. The van der Waals surface area contributed by atoms with Crippen LogP contribution in [0.5, 0.6) is 5.75 Å². The van der Waals surface area contributed by atoms with E-state index in [0.29, 0.717) is 25.4 Å². The number of amides is 1. The molecule has 0 bridgehead atoms. The van der Waals surface area contributed by atoms with E-state index in [1.54, 1.807) is 13.3 Å². The molecule has 0 aliphatic carbocycles. The van der Waals surface area contributed by atoms with Crippen molar-refractivity contribution in [3.05, 3.63) is 41.7 Å². The van der Waals surface area contributed by atoms with E-state index in [-0.39, 0.29) is 18.4 Å². The Kier molecular flexibility index (Phi) is 5.00. The number of likely N-dealkylation sites (tertiary alicyclic amines) is 1. The molecular weight excluding hydrogens is 308 g/mol. The van der Waals surface area contributed by atoms with E-state index in [2.05, 4.69) is 10.2 Å². The summed E-state index contributed by atoms with van der Waals surface area (Å²) in [5, 5.41) is 6.87. The molecule has 24 heavy (non-hydrogen) atoms. The number of carbonyl (C=O) groups is 1. The number of methoxy groups -OCH3 is 1. The fourth-order valence-electron chi connectivity index (χ4n) is 2.92. The molecule has 7 heteroatoms. The number of hydrogen-bond acceptors (Lipinski definition) is 5. The molecule has 3 N–H and O–H groups in total. The number of nitrogens with two attached hydrogens (primary N) is 1. The molecule has 1 saturated heterocycles. The van der Waals surface area contributed by atoms with E-state index in [1.807, 2.05) is 29.2 Å². The quantitative estimate of drug-likeness (QED) is 0.838. The Hall–Kier alpha value is -2.54. The smallest absolute Gasteiger partial charge is 0.248 e. The third kappa shape index (κ3) is 3.68. The fraction of sp³-hybridized carbons (Fsp3) is 0.412. The number of benzene rings is 1. The highest BCUT2D eigenvalue weighted by atomic mass is 16.5. The van der Waals surface area contributed by atoms with Gasteiger partial charge in [0.05, 0.1) is 31.3 Å². The number of H-pyrrole nitrogens is 1. The normalized spacial score (nSPS) is 17.2. The lowest BCUT2D eigenvalue weighted by atomic mass is 10.0. The van der Waals surface area contributed by atoms with Gasteiger partial charge in [0.15, 0.2) is 0 Å². The number of aromatic nitrogens is 2. The topological polar surface area (TPSA) is 93.5 Å². The maximum absolute atomic E-state index is 12.3. The molecule has 1 unspecified atom stereocenters. The predicted molar refractivity (Wildman–Crippen MR) is 89.6 cm³/mol. The number of nitrogens with zero attached hydrogens (tertiary/aromatic N) is 2. The van der Waals surface area contributed by atoms with Crippen LogP contribution in [0, 0.1) is 0 Å². The molecule has 0 spiro atoms. The second-order valence-corrected chi connectivity index (χ2v) is 5.91. The van der Waals surface area contributed by atoms with Gasteiger partial charge in [-0.2, -0.15) is 5.10 Å². The molecule has 1 aromatic carbocycles. The van der Waals surface area contributed by atoms with Crippen molar-refractivity contribution < 1.29 is 14.3 Å². The summed E-state index contributed by atoms with van der Waals surface area (Å²) < 4.78 is 10.7. The number of ether oxygens (including phenoxy) is 2. The molecule has 1 aliphatic rings. The van der Waals surface area contributed by atoms with E-state index < -0.39 is 0 Å². The monoisotopic (exact) mass is 330 g/mol. The molecule has 128 valence electrons. The number of rotatable bonds is 6. The van der Waals surface area contributed by atoms with E-state index in [1.165, 1.54) is 0 Å². The zero-order valence-corrected chi connectivity index (χ0v) is 13.7. The summed E-state index contributed by atoms with van der Waals surface area (Å²) in [6, 6.07) is 7.60. The molecule has 2 aromatic rings. The molecule has 1 amide bonds. The molecule has 1 atom stereocenters. The number of carbonyl (C=O) groups excluding carboxylic acids is 1. The second-order valence-electron chi connectivity index (χ2n) is 5.91. The van der Waals surface area contributed by atoms with Gasteiger partial charge in [0, 0.05) is 19.0 Å². The van der Waals surface area contributed by atoms with Crippen LogP contribution in [0.1, 0.15) is 23.6 Å². The molecule has 1 aliphatic heterocycles. The lowest BCUT2D eigenvalue weighted by Gasteiger charge is -2.16. The average molecular weight is 330 g/mol. The van der Waals surface area contributed by atoms with E-state index in [9.17, 15) is 4.79 Å². The van der Waals surface area contributed by atoms with Crippen LogP contribution in [0.15, 0.2) is 30.5 Å². The fourth-order valence-corrected chi connectivity index (χ4v) is 2.92. The highest BCUT2D eigenvalue weighted by molar-refractivity contribution is 5.77. The first-order valence-electron chi connectivity index (χ1n) is 7.94. The SMILES string of the molecule is COc1ccc(COCC(=O)N2CCC(c3[nH]ncc3N)C2)cc1. The first-order valence-corrected chi connectivity index (χ1v) is 7.94. The minimum Gasteiger partial charge on any atom is -0.497 e. The molecule has 1 aromatic heterocycles. The standard InChI is InChI=1S/C17H22N4O3/c1-23-14-4-2-12(3-5-14)10-24-11-16(22)21-7-6-13(9-21)17-15(18)8-19-20-17/h2-5,8,13H,6-7,9-11,18H2,1H3,(H,19,20). The van der Waals surface area contributed by atoms with Crippen LogP contribution in [0.2, 0.25) is 0 Å².